The van der Waals surface area contributed by atoms with E-state index in [1.54, 1.807) is 23.4 Å². The third-order valence-electron chi connectivity index (χ3n) is 6.04. The van der Waals surface area contributed by atoms with E-state index < -0.39 is 6.04 Å². The van der Waals surface area contributed by atoms with Crippen molar-refractivity contribution in [3.63, 3.8) is 0 Å². The second-order valence-corrected chi connectivity index (χ2v) is 9.34. The molecule has 0 unspecified atom stereocenters. The summed E-state index contributed by atoms with van der Waals surface area (Å²) >= 11 is 1.70. The fourth-order valence-electron chi connectivity index (χ4n) is 4.03. The molecule has 4 aromatic rings. The molecular formula is C26H29N5O2S. The van der Waals surface area contributed by atoms with E-state index in [2.05, 4.69) is 39.8 Å². The molecule has 1 atom stereocenters. The van der Waals surface area contributed by atoms with Crippen LogP contribution in [0.1, 0.15) is 35.5 Å². The van der Waals surface area contributed by atoms with Crippen LogP contribution in [0.3, 0.4) is 0 Å². The van der Waals surface area contributed by atoms with Crippen LogP contribution in [0.4, 0.5) is 0 Å². The van der Waals surface area contributed by atoms with Crippen LogP contribution in [-0.2, 0) is 11.2 Å². The number of rotatable bonds is 7. The van der Waals surface area contributed by atoms with Crippen LogP contribution < -0.4 is 10.9 Å². The minimum Gasteiger partial charge on any atom is -0.354 e. The fourth-order valence-corrected chi connectivity index (χ4v) is 4.44. The van der Waals surface area contributed by atoms with Gasteiger partial charge in [0.2, 0.25) is 5.91 Å². The first-order valence-corrected chi connectivity index (χ1v) is 12.5. The summed E-state index contributed by atoms with van der Waals surface area (Å²) in [6, 6.07) is 15.5. The number of amides is 1. The van der Waals surface area contributed by atoms with Gasteiger partial charge in [0.1, 0.15) is 6.04 Å². The molecule has 0 aliphatic rings. The number of hydrogen-bond donors (Lipinski definition) is 1. The number of thioether (sulfide) groups is 1. The van der Waals surface area contributed by atoms with E-state index in [-0.39, 0.29) is 11.5 Å². The SMILES string of the molecule is CSc1ccc(CCNC(=O)[C@H](C)n2nc(C)c3c(C)n(-c4ccc(C)cc4)nc3c2=O)cc1. The van der Waals surface area contributed by atoms with Crippen molar-refractivity contribution in [2.45, 2.75) is 45.1 Å². The summed E-state index contributed by atoms with van der Waals surface area (Å²) in [5.74, 6) is -0.247. The molecule has 0 aliphatic heterocycles. The number of carbonyl (C=O) groups excluding carboxylic acids is 1. The number of nitrogens with one attached hydrogen (secondary N) is 1. The van der Waals surface area contributed by atoms with Crippen LogP contribution in [0.5, 0.6) is 0 Å². The molecule has 1 N–H and O–H groups in total. The van der Waals surface area contributed by atoms with Crippen molar-refractivity contribution in [1.29, 1.82) is 0 Å². The second kappa shape index (κ2) is 9.85. The standard InChI is InChI=1S/C26H29N5O2S/c1-16-6-10-21(11-7-16)30-18(3)23-17(2)28-31(26(33)24(23)29-30)19(4)25(32)27-15-14-20-8-12-22(34-5)13-9-20/h6-13,19H,14-15H2,1-5H3,(H,27,32)/t19-/m0/s1. The van der Waals surface area contributed by atoms with Gasteiger partial charge in [-0.25, -0.2) is 9.36 Å². The molecule has 34 heavy (non-hydrogen) atoms. The lowest BCUT2D eigenvalue weighted by molar-refractivity contribution is -0.124. The number of nitrogens with zero attached hydrogens (tertiary/aromatic N) is 4. The van der Waals surface area contributed by atoms with Crippen LogP contribution in [-0.4, -0.2) is 38.3 Å². The highest BCUT2D eigenvalue weighted by Gasteiger charge is 2.23. The summed E-state index contributed by atoms with van der Waals surface area (Å²) in [4.78, 5) is 27.3. The normalized spacial score (nSPS) is 12.1. The summed E-state index contributed by atoms with van der Waals surface area (Å²) in [5, 5.41) is 12.7. The van der Waals surface area contributed by atoms with Crippen molar-refractivity contribution in [2.75, 3.05) is 12.8 Å². The molecule has 0 saturated heterocycles. The van der Waals surface area contributed by atoms with Crippen molar-refractivity contribution in [1.82, 2.24) is 24.9 Å². The van der Waals surface area contributed by atoms with E-state index in [9.17, 15) is 9.59 Å². The lowest BCUT2D eigenvalue weighted by atomic mass is 10.1. The van der Waals surface area contributed by atoms with E-state index in [1.165, 1.54) is 9.58 Å². The Morgan fingerprint density at radius 1 is 1.03 bits per heavy atom. The molecule has 0 spiro atoms. The zero-order valence-electron chi connectivity index (χ0n) is 20.1. The highest BCUT2D eigenvalue weighted by atomic mass is 32.2. The van der Waals surface area contributed by atoms with Gasteiger partial charge in [-0.15, -0.1) is 11.8 Å². The van der Waals surface area contributed by atoms with E-state index in [0.29, 0.717) is 24.2 Å². The van der Waals surface area contributed by atoms with Crippen molar-refractivity contribution in [3.8, 4) is 5.69 Å². The predicted molar refractivity (Wildman–Crippen MR) is 137 cm³/mol. The fraction of sp³-hybridized carbons (Fsp3) is 0.308. The van der Waals surface area contributed by atoms with Gasteiger partial charge in [-0.2, -0.15) is 10.2 Å². The zero-order valence-corrected chi connectivity index (χ0v) is 20.9. The smallest absolute Gasteiger partial charge is 0.295 e. The third kappa shape index (κ3) is 4.63. The highest BCUT2D eigenvalue weighted by molar-refractivity contribution is 7.98. The Bertz CT molecular complexity index is 1390. The molecule has 2 heterocycles. The maximum absolute atomic E-state index is 13.3. The van der Waals surface area contributed by atoms with Gasteiger partial charge < -0.3 is 5.32 Å². The lowest BCUT2D eigenvalue weighted by Crippen LogP contribution is -2.38. The Kier molecular flexibility index (Phi) is 6.88. The van der Waals surface area contributed by atoms with Gasteiger partial charge in [-0.1, -0.05) is 29.8 Å². The van der Waals surface area contributed by atoms with Crippen molar-refractivity contribution in [3.05, 3.63) is 81.4 Å². The zero-order chi connectivity index (χ0) is 24.4. The predicted octanol–water partition coefficient (Wildman–Crippen LogP) is 4.15. The molecule has 1 amide bonds. The molecule has 176 valence electrons. The minimum absolute atomic E-state index is 0.247. The van der Waals surface area contributed by atoms with Crippen molar-refractivity contribution in [2.24, 2.45) is 0 Å². The van der Waals surface area contributed by atoms with Crippen molar-refractivity contribution < 1.29 is 4.79 Å². The maximum Gasteiger partial charge on any atom is 0.295 e. The molecule has 0 saturated carbocycles. The van der Waals surface area contributed by atoms with Crippen molar-refractivity contribution >= 4 is 28.6 Å². The molecule has 0 fully saturated rings. The first-order valence-electron chi connectivity index (χ1n) is 11.3. The quantitative estimate of drug-likeness (QED) is 0.406. The summed E-state index contributed by atoms with van der Waals surface area (Å²) < 4.78 is 3.00. The number of aryl methyl sites for hydroxylation is 3. The Hall–Kier alpha value is -3.39. The molecule has 4 rings (SSSR count). The number of benzene rings is 2. The Morgan fingerprint density at radius 3 is 2.35 bits per heavy atom. The van der Waals surface area contributed by atoms with E-state index in [4.69, 9.17) is 0 Å². The first-order chi connectivity index (χ1) is 16.3. The van der Waals surface area contributed by atoms with Crippen LogP contribution in [0, 0.1) is 20.8 Å². The summed E-state index contributed by atoms with van der Waals surface area (Å²) in [7, 11) is 0. The molecule has 0 radical (unpaired) electrons. The van der Waals surface area contributed by atoms with Crippen LogP contribution in [0.25, 0.3) is 16.6 Å². The molecule has 2 aromatic heterocycles. The monoisotopic (exact) mass is 475 g/mol. The maximum atomic E-state index is 13.3. The minimum atomic E-state index is -0.751. The largest absolute Gasteiger partial charge is 0.354 e. The van der Waals surface area contributed by atoms with Gasteiger partial charge in [0, 0.05) is 11.4 Å². The molecule has 0 bridgehead atoms. The van der Waals surface area contributed by atoms with E-state index >= 15 is 0 Å². The third-order valence-corrected chi connectivity index (χ3v) is 6.79. The highest BCUT2D eigenvalue weighted by Crippen LogP contribution is 2.22. The summed E-state index contributed by atoms with van der Waals surface area (Å²) in [5.41, 5.74) is 4.63. The average Bonchev–Trinajstić information content (AvgIpc) is 3.19. The van der Waals surface area contributed by atoms with Crippen LogP contribution in [0.2, 0.25) is 0 Å². The van der Waals surface area contributed by atoms with Gasteiger partial charge >= 0.3 is 0 Å². The first kappa shape index (κ1) is 23.8. The van der Waals surface area contributed by atoms with Gasteiger partial charge in [0.25, 0.3) is 5.56 Å². The van der Waals surface area contributed by atoms with E-state index in [0.717, 1.165) is 27.9 Å². The van der Waals surface area contributed by atoms with Gasteiger partial charge in [-0.3, -0.25) is 9.59 Å². The molecule has 2 aromatic carbocycles. The topological polar surface area (TPSA) is 81.8 Å². The van der Waals surface area contributed by atoms with Crippen LogP contribution >= 0.6 is 11.8 Å². The Morgan fingerprint density at radius 2 is 1.71 bits per heavy atom. The summed E-state index contributed by atoms with van der Waals surface area (Å²) in [6.45, 7) is 7.96. The second-order valence-electron chi connectivity index (χ2n) is 8.46. The number of aromatic nitrogens is 4. The van der Waals surface area contributed by atoms with Crippen LogP contribution in [0.15, 0.2) is 58.2 Å². The molecular weight excluding hydrogens is 446 g/mol. The van der Waals surface area contributed by atoms with Gasteiger partial charge in [0.15, 0.2) is 5.52 Å². The number of hydrogen-bond acceptors (Lipinski definition) is 5. The van der Waals surface area contributed by atoms with E-state index in [1.807, 2.05) is 51.3 Å². The molecule has 7 nitrogen and oxygen atoms in total. The lowest BCUT2D eigenvalue weighted by Gasteiger charge is -2.15. The Labute approximate surface area is 203 Å². The van der Waals surface area contributed by atoms with Gasteiger partial charge in [0.05, 0.1) is 22.5 Å². The number of carbonyl (C=O) groups is 1. The Balaban J connectivity index is 1.55. The van der Waals surface area contributed by atoms with Gasteiger partial charge in [-0.05, 0) is 70.2 Å². The average molecular weight is 476 g/mol. The molecule has 8 heteroatoms. The summed E-state index contributed by atoms with van der Waals surface area (Å²) in [6.07, 6.45) is 2.76. The molecule has 0 aliphatic carbocycles. The number of fused-ring (bicyclic) bond motifs is 1.